The van der Waals surface area contributed by atoms with Gasteiger partial charge in [0.2, 0.25) is 5.84 Å². The minimum Gasteiger partial charge on any atom is -0.507 e. The van der Waals surface area contributed by atoms with Gasteiger partial charge in [0, 0.05) is 6.20 Å². The number of azo groups is 1. The highest BCUT2D eigenvalue weighted by molar-refractivity contribution is 6.03. The second-order valence-electron chi connectivity index (χ2n) is 5.90. The number of amides is 1. The predicted molar refractivity (Wildman–Crippen MR) is 103 cm³/mol. The number of aromatic nitrogens is 1. The topological polar surface area (TPSA) is 102 Å². The standard InChI is InChI=1S/C20H19N5O2/c1-13-12-21-18(14(13)2)20(27)25-24-19(16-10-6-7-11-17(16)26)23-22-15-8-4-3-5-9-15/h3-12,21,26H,1-2H3,(H,25,27)/b23-22?,24-19+. The van der Waals surface area contributed by atoms with Crippen molar-refractivity contribution in [1.29, 1.82) is 0 Å². The lowest BCUT2D eigenvalue weighted by atomic mass is 10.2. The number of carbonyl (C=O) groups excluding carboxylic acids is 1. The lowest BCUT2D eigenvalue weighted by Crippen LogP contribution is -2.20. The van der Waals surface area contributed by atoms with Crippen LogP contribution < -0.4 is 5.43 Å². The zero-order valence-corrected chi connectivity index (χ0v) is 15.0. The van der Waals surface area contributed by atoms with E-state index in [9.17, 15) is 9.90 Å². The Morgan fingerprint density at radius 2 is 1.74 bits per heavy atom. The molecule has 3 N–H and O–H groups in total. The third kappa shape index (κ3) is 4.27. The Hall–Kier alpha value is -3.74. The van der Waals surface area contributed by atoms with Crippen molar-refractivity contribution in [2.45, 2.75) is 13.8 Å². The first kappa shape index (κ1) is 18.1. The van der Waals surface area contributed by atoms with Gasteiger partial charge in [-0.25, -0.2) is 5.43 Å². The van der Waals surface area contributed by atoms with E-state index in [1.54, 1.807) is 36.5 Å². The molecule has 0 aliphatic rings. The van der Waals surface area contributed by atoms with Crippen molar-refractivity contribution < 1.29 is 9.90 Å². The minimum atomic E-state index is -0.400. The Morgan fingerprint density at radius 1 is 1.04 bits per heavy atom. The normalized spacial score (nSPS) is 11.7. The third-order valence-corrected chi connectivity index (χ3v) is 4.05. The summed E-state index contributed by atoms with van der Waals surface area (Å²) in [5.74, 6) is -0.320. The molecule has 0 spiro atoms. The van der Waals surface area contributed by atoms with Crippen LogP contribution in [0, 0.1) is 13.8 Å². The first-order valence-electron chi connectivity index (χ1n) is 8.34. The number of aryl methyl sites for hydroxylation is 1. The molecule has 0 atom stereocenters. The van der Waals surface area contributed by atoms with Crippen LogP contribution >= 0.6 is 0 Å². The lowest BCUT2D eigenvalue weighted by Gasteiger charge is -2.04. The zero-order chi connectivity index (χ0) is 19.2. The Labute approximate surface area is 156 Å². The SMILES string of the molecule is Cc1c[nH]c(C(=O)N/N=C(/N=Nc2ccccc2)c2ccccc2O)c1C. The quantitative estimate of drug-likeness (QED) is 0.280. The summed E-state index contributed by atoms with van der Waals surface area (Å²) in [4.78, 5) is 15.3. The number of aromatic amines is 1. The molecule has 1 amide bonds. The Bertz CT molecular complexity index is 1010. The summed E-state index contributed by atoms with van der Waals surface area (Å²) in [6.45, 7) is 3.76. The molecule has 3 rings (SSSR count). The van der Waals surface area contributed by atoms with Gasteiger partial charge in [-0.1, -0.05) is 30.3 Å². The molecule has 0 aliphatic heterocycles. The monoisotopic (exact) mass is 361 g/mol. The number of hydrogen-bond donors (Lipinski definition) is 3. The number of H-pyrrole nitrogens is 1. The van der Waals surface area contributed by atoms with E-state index in [4.69, 9.17) is 0 Å². The van der Waals surface area contributed by atoms with Crippen LogP contribution in [0.2, 0.25) is 0 Å². The van der Waals surface area contributed by atoms with Crippen molar-refractivity contribution in [2.75, 3.05) is 0 Å². The van der Waals surface area contributed by atoms with E-state index >= 15 is 0 Å². The fourth-order valence-electron chi connectivity index (χ4n) is 2.39. The van der Waals surface area contributed by atoms with E-state index in [0.717, 1.165) is 11.1 Å². The van der Waals surface area contributed by atoms with E-state index in [-0.39, 0.29) is 11.6 Å². The molecular weight excluding hydrogens is 342 g/mol. The van der Waals surface area contributed by atoms with Crippen LogP contribution in [-0.4, -0.2) is 21.8 Å². The maximum atomic E-state index is 12.4. The Morgan fingerprint density at radius 3 is 2.41 bits per heavy atom. The fraction of sp³-hybridized carbons (Fsp3) is 0.100. The number of hydrazone groups is 1. The predicted octanol–water partition coefficient (Wildman–Crippen LogP) is 4.21. The second-order valence-corrected chi connectivity index (χ2v) is 5.90. The van der Waals surface area contributed by atoms with Crippen LogP contribution in [0.3, 0.4) is 0 Å². The molecule has 0 fully saturated rings. The molecular formula is C20H19N5O2. The van der Waals surface area contributed by atoms with Gasteiger partial charge in [-0.15, -0.1) is 15.3 Å². The van der Waals surface area contributed by atoms with Crippen LogP contribution in [0.5, 0.6) is 5.75 Å². The summed E-state index contributed by atoms with van der Waals surface area (Å²) in [7, 11) is 0. The molecule has 7 nitrogen and oxygen atoms in total. The molecule has 136 valence electrons. The summed E-state index contributed by atoms with van der Waals surface area (Å²) in [6, 6.07) is 15.7. The molecule has 2 aromatic carbocycles. The number of para-hydroxylation sites is 1. The molecule has 0 radical (unpaired) electrons. The third-order valence-electron chi connectivity index (χ3n) is 4.05. The molecule has 0 unspecified atom stereocenters. The average molecular weight is 361 g/mol. The molecule has 7 heteroatoms. The van der Waals surface area contributed by atoms with Gasteiger partial charge < -0.3 is 10.1 Å². The van der Waals surface area contributed by atoms with Gasteiger partial charge in [0.25, 0.3) is 5.91 Å². The van der Waals surface area contributed by atoms with Crippen LogP contribution in [-0.2, 0) is 0 Å². The summed E-state index contributed by atoms with van der Waals surface area (Å²) in [5, 5.41) is 22.4. The molecule has 27 heavy (non-hydrogen) atoms. The number of nitrogens with zero attached hydrogens (tertiary/aromatic N) is 3. The second kappa shape index (κ2) is 8.09. The van der Waals surface area contributed by atoms with Crippen LogP contribution in [0.4, 0.5) is 5.69 Å². The average Bonchev–Trinajstić information content (AvgIpc) is 3.02. The number of hydrogen-bond acceptors (Lipinski definition) is 4. The van der Waals surface area contributed by atoms with E-state index in [2.05, 4.69) is 25.7 Å². The summed E-state index contributed by atoms with van der Waals surface area (Å²) >= 11 is 0. The van der Waals surface area contributed by atoms with Crippen LogP contribution in [0.25, 0.3) is 0 Å². The van der Waals surface area contributed by atoms with Crippen molar-refractivity contribution >= 4 is 17.4 Å². The Kier molecular flexibility index (Phi) is 5.41. The van der Waals surface area contributed by atoms with Gasteiger partial charge in [-0.3, -0.25) is 4.79 Å². The number of rotatable bonds is 4. The number of amidine groups is 1. The van der Waals surface area contributed by atoms with Crippen LogP contribution in [0.15, 0.2) is 76.1 Å². The van der Waals surface area contributed by atoms with Crippen molar-refractivity contribution in [1.82, 2.24) is 10.4 Å². The maximum Gasteiger partial charge on any atom is 0.288 e. The fourth-order valence-corrected chi connectivity index (χ4v) is 2.39. The van der Waals surface area contributed by atoms with Gasteiger partial charge in [0.1, 0.15) is 11.4 Å². The summed E-state index contributed by atoms with van der Waals surface area (Å²) in [5.41, 5.74) is 5.70. The number of benzene rings is 2. The van der Waals surface area contributed by atoms with Crippen molar-refractivity contribution in [3.8, 4) is 5.75 Å². The maximum absolute atomic E-state index is 12.4. The number of aromatic hydroxyl groups is 1. The van der Waals surface area contributed by atoms with E-state index in [0.29, 0.717) is 16.9 Å². The van der Waals surface area contributed by atoms with Gasteiger partial charge in [0.15, 0.2) is 0 Å². The molecule has 0 saturated carbocycles. The molecule has 0 aliphatic carbocycles. The minimum absolute atomic E-state index is 0.00981. The van der Waals surface area contributed by atoms with E-state index < -0.39 is 5.91 Å². The summed E-state index contributed by atoms with van der Waals surface area (Å²) in [6.07, 6.45) is 1.76. The van der Waals surface area contributed by atoms with Gasteiger partial charge >= 0.3 is 0 Å². The van der Waals surface area contributed by atoms with Gasteiger partial charge in [0.05, 0.1) is 11.3 Å². The zero-order valence-electron chi connectivity index (χ0n) is 15.0. The highest BCUT2D eigenvalue weighted by Gasteiger charge is 2.14. The summed E-state index contributed by atoms with van der Waals surface area (Å²) < 4.78 is 0. The van der Waals surface area contributed by atoms with Crippen LogP contribution in [0.1, 0.15) is 27.2 Å². The smallest absolute Gasteiger partial charge is 0.288 e. The molecule has 0 saturated heterocycles. The molecule has 1 heterocycles. The largest absolute Gasteiger partial charge is 0.507 e. The number of phenolic OH excluding ortho intramolecular Hbond substituents is 1. The van der Waals surface area contributed by atoms with E-state index in [1.165, 1.54) is 6.07 Å². The number of nitrogens with one attached hydrogen (secondary N) is 2. The molecule has 1 aromatic heterocycles. The highest BCUT2D eigenvalue weighted by Crippen LogP contribution is 2.19. The first-order valence-corrected chi connectivity index (χ1v) is 8.34. The number of phenols is 1. The first-order chi connectivity index (χ1) is 13.1. The lowest BCUT2D eigenvalue weighted by molar-refractivity contribution is 0.0949. The Balaban J connectivity index is 1.90. The van der Waals surface area contributed by atoms with Gasteiger partial charge in [-0.05, 0) is 49.2 Å². The van der Waals surface area contributed by atoms with Crippen molar-refractivity contribution in [3.63, 3.8) is 0 Å². The molecule has 0 bridgehead atoms. The highest BCUT2D eigenvalue weighted by atomic mass is 16.3. The van der Waals surface area contributed by atoms with Gasteiger partial charge in [-0.2, -0.15) is 0 Å². The van der Waals surface area contributed by atoms with Crippen molar-refractivity contribution in [2.24, 2.45) is 15.3 Å². The van der Waals surface area contributed by atoms with Crippen molar-refractivity contribution in [3.05, 3.63) is 83.2 Å². The van der Waals surface area contributed by atoms with E-state index in [1.807, 2.05) is 32.0 Å². The number of carbonyl (C=O) groups is 1. The molecule has 3 aromatic rings.